The minimum absolute atomic E-state index is 0.293. The smallest absolute Gasteiger partial charge is 0.0456 e. The van der Waals surface area contributed by atoms with Crippen LogP contribution in [0.25, 0.3) is 0 Å². The van der Waals surface area contributed by atoms with Gasteiger partial charge < -0.3 is 5.32 Å². The first-order valence-electron chi connectivity index (χ1n) is 6.22. The first-order valence-corrected chi connectivity index (χ1v) is 7.48. The lowest BCUT2D eigenvalue weighted by Gasteiger charge is -2.19. The van der Waals surface area contributed by atoms with Crippen LogP contribution in [0, 0.1) is 6.92 Å². The van der Waals surface area contributed by atoms with Crippen molar-refractivity contribution in [2.75, 3.05) is 6.54 Å². The molecule has 2 aromatic rings. The molecule has 1 aromatic carbocycles. The van der Waals surface area contributed by atoms with Crippen LogP contribution >= 0.6 is 22.9 Å². The van der Waals surface area contributed by atoms with Crippen LogP contribution in [-0.4, -0.2) is 6.54 Å². The minimum Gasteiger partial charge on any atom is -0.310 e. The number of hydrogen-bond donors (Lipinski definition) is 1. The lowest BCUT2D eigenvalue weighted by atomic mass is 10.0. The first kappa shape index (κ1) is 13.6. The van der Waals surface area contributed by atoms with Crippen molar-refractivity contribution in [3.8, 4) is 0 Å². The molecule has 0 fully saturated rings. The van der Waals surface area contributed by atoms with Gasteiger partial charge in [-0.05, 0) is 42.1 Å². The van der Waals surface area contributed by atoms with E-state index in [1.165, 1.54) is 16.0 Å². The Balaban J connectivity index is 2.23. The summed E-state index contributed by atoms with van der Waals surface area (Å²) in [6.07, 6.45) is 0.994. The average molecular weight is 280 g/mol. The predicted octanol–water partition coefficient (Wildman–Crippen LogP) is 4.60. The molecule has 1 heterocycles. The highest BCUT2D eigenvalue weighted by atomic mass is 35.5. The Morgan fingerprint density at radius 2 is 2.17 bits per heavy atom. The fourth-order valence-corrected chi connectivity index (χ4v) is 3.20. The van der Waals surface area contributed by atoms with Gasteiger partial charge in [0.05, 0.1) is 0 Å². The second-order valence-corrected chi connectivity index (χ2v) is 5.86. The third-order valence-electron chi connectivity index (χ3n) is 2.97. The molecule has 0 saturated heterocycles. The molecule has 0 aliphatic carbocycles. The van der Waals surface area contributed by atoms with Gasteiger partial charge in [-0.2, -0.15) is 0 Å². The van der Waals surface area contributed by atoms with Gasteiger partial charge in [-0.1, -0.05) is 36.7 Å². The summed E-state index contributed by atoms with van der Waals surface area (Å²) < 4.78 is 0. The SMILES string of the molecule is CCNC(Cc1cccs1)c1ccc(C)cc1Cl. The normalized spacial score (nSPS) is 12.6. The van der Waals surface area contributed by atoms with Crippen LogP contribution in [0.4, 0.5) is 0 Å². The highest BCUT2D eigenvalue weighted by molar-refractivity contribution is 7.09. The van der Waals surface area contributed by atoms with Crippen LogP contribution in [0.15, 0.2) is 35.7 Å². The molecule has 0 spiro atoms. The number of benzene rings is 1. The summed E-state index contributed by atoms with van der Waals surface area (Å²) in [5.74, 6) is 0. The number of thiophene rings is 1. The summed E-state index contributed by atoms with van der Waals surface area (Å²) >= 11 is 8.16. The third-order valence-corrected chi connectivity index (χ3v) is 4.19. The fraction of sp³-hybridized carbons (Fsp3) is 0.333. The van der Waals surface area contributed by atoms with E-state index in [4.69, 9.17) is 11.6 Å². The van der Waals surface area contributed by atoms with Crippen molar-refractivity contribution in [1.29, 1.82) is 0 Å². The van der Waals surface area contributed by atoms with Gasteiger partial charge in [-0.3, -0.25) is 0 Å². The van der Waals surface area contributed by atoms with Gasteiger partial charge in [0, 0.05) is 22.4 Å². The zero-order valence-electron chi connectivity index (χ0n) is 10.7. The number of hydrogen-bond acceptors (Lipinski definition) is 2. The molecule has 1 aromatic heterocycles. The van der Waals surface area contributed by atoms with E-state index in [0.29, 0.717) is 6.04 Å². The molecule has 0 radical (unpaired) electrons. The van der Waals surface area contributed by atoms with Crippen molar-refractivity contribution in [2.24, 2.45) is 0 Å². The summed E-state index contributed by atoms with van der Waals surface area (Å²) in [7, 11) is 0. The molecule has 18 heavy (non-hydrogen) atoms. The van der Waals surface area contributed by atoms with Crippen LogP contribution in [0.3, 0.4) is 0 Å². The fourth-order valence-electron chi connectivity index (χ4n) is 2.08. The van der Waals surface area contributed by atoms with Crippen molar-refractivity contribution < 1.29 is 0 Å². The third kappa shape index (κ3) is 3.35. The number of halogens is 1. The number of aryl methyl sites for hydroxylation is 1. The Morgan fingerprint density at radius 3 is 2.78 bits per heavy atom. The quantitative estimate of drug-likeness (QED) is 0.843. The van der Waals surface area contributed by atoms with Gasteiger partial charge in [0.25, 0.3) is 0 Å². The van der Waals surface area contributed by atoms with Crippen LogP contribution in [0.1, 0.15) is 29.0 Å². The zero-order chi connectivity index (χ0) is 13.0. The minimum atomic E-state index is 0.293. The topological polar surface area (TPSA) is 12.0 Å². The summed E-state index contributed by atoms with van der Waals surface area (Å²) in [5, 5.41) is 6.50. The maximum Gasteiger partial charge on any atom is 0.0456 e. The molecule has 1 nitrogen and oxygen atoms in total. The molecule has 0 aliphatic rings. The Kier molecular flexibility index (Phi) is 4.81. The molecular weight excluding hydrogens is 262 g/mol. The Labute approximate surface area is 118 Å². The van der Waals surface area contributed by atoms with Crippen molar-refractivity contribution in [3.63, 3.8) is 0 Å². The van der Waals surface area contributed by atoms with Gasteiger partial charge in [-0.25, -0.2) is 0 Å². The number of likely N-dealkylation sites (N-methyl/N-ethyl adjacent to an activating group) is 1. The molecule has 0 bridgehead atoms. The van der Waals surface area contributed by atoms with Gasteiger partial charge in [0.1, 0.15) is 0 Å². The largest absolute Gasteiger partial charge is 0.310 e. The van der Waals surface area contributed by atoms with Crippen molar-refractivity contribution in [3.05, 3.63) is 56.7 Å². The number of rotatable bonds is 5. The highest BCUT2D eigenvalue weighted by Gasteiger charge is 2.14. The second-order valence-electron chi connectivity index (χ2n) is 4.42. The Morgan fingerprint density at radius 1 is 1.33 bits per heavy atom. The van der Waals surface area contributed by atoms with Crippen LogP contribution in [0.5, 0.6) is 0 Å². The molecule has 96 valence electrons. The average Bonchev–Trinajstić information content (AvgIpc) is 2.81. The molecule has 2 rings (SSSR count). The standard InChI is InChI=1S/C15H18ClNS/c1-3-17-15(10-12-5-4-8-18-12)13-7-6-11(2)9-14(13)16/h4-9,15,17H,3,10H2,1-2H3. The van der Waals surface area contributed by atoms with E-state index in [2.05, 4.69) is 48.8 Å². The van der Waals surface area contributed by atoms with E-state index in [0.717, 1.165) is 18.0 Å². The monoisotopic (exact) mass is 279 g/mol. The number of nitrogens with one attached hydrogen (secondary N) is 1. The Bertz CT molecular complexity index is 493. The molecule has 1 unspecified atom stereocenters. The van der Waals surface area contributed by atoms with E-state index in [-0.39, 0.29) is 0 Å². The van der Waals surface area contributed by atoms with Crippen molar-refractivity contribution >= 4 is 22.9 Å². The molecule has 1 N–H and O–H groups in total. The molecule has 1 atom stereocenters. The van der Waals surface area contributed by atoms with Gasteiger partial charge >= 0.3 is 0 Å². The highest BCUT2D eigenvalue weighted by Crippen LogP contribution is 2.27. The summed E-state index contributed by atoms with van der Waals surface area (Å²) in [4.78, 5) is 1.39. The molecular formula is C15H18ClNS. The molecule has 0 aliphatic heterocycles. The van der Waals surface area contributed by atoms with E-state index >= 15 is 0 Å². The van der Waals surface area contributed by atoms with Gasteiger partial charge in [0.15, 0.2) is 0 Å². The van der Waals surface area contributed by atoms with E-state index < -0.39 is 0 Å². The summed E-state index contributed by atoms with van der Waals surface area (Å²) in [5.41, 5.74) is 2.40. The predicted molar refractivity (Wildman–Crippen MR) is 80.6 cm³/mol. The second kappa shape index (κ2) is 6.37. The van der Waals surface area contributed by atoms with Gasteiger partial charge in [0.2, 0.25) is 0 Å². The molecule has 0 amide bonds. The summed E-state index contributed by atoms with van der Waals surface area (Å²) in [6, 6.07) is 10.9. The van der Waals surface area contributed by atoms with Crippen molar-refractivity contribution in [1.82, 2.24) is 5.32 Å². The lowest BCUT2D eigenvalue weighted by molar-refractivity contribution is 0.553. The maximum absolute atomic E-state index is 6.36. The maximum atomic E-state index is 6.36. The Hall–Kier alpha value is -0.830. The van der Waals surface area contributed by atoms with E-state index in [9.17, 15) is 0 Å². The lowest BCUT2D eigenvalue weighted by Crippen LogP contribution is -2.23. The van der Waals surface area contributed by atoms with Gasteiger partial charge in [-0.15, -0.1) is 11.3 Å². The molecule has 0 saturated carbocycles. The first-order chi connectivity index (χ1) is 8.70. The van der Waals surface area contributed by atoms with Crippen molar-refractivity contribution in [2.45, 2.75) is 26.3 Å². The zero-order valence-corrected chi connectivity index (χ0v) is 12.3. The van der Waals surface area contributed by atoms with Crippen LogP contribution in [0.2, 0.25) is 5.02 Å². The van der Waals surface area contributed by atoms with E-state index in [1.54, 1.807) is 11.3 Å². The van der Waals surface area contributed by atoms with E-state index in [1.807, 2.05) is 6.07 Å². The van der Waals surface area contributed by atoms with Crippen LogP contribution < -0.4 is 5.32 Å². The summed E-state index contributed by atoms with van der Waals surface area (Å²) in [6.45, 7) is 5.14. The molecule has 3 heteroatoms. The van der Waals surface area contributed by atoms with Crippen LogP contribution in [-0.2, 0) is 6.42 Å².